The highest BCUT2D eigenvalue weighted by molar-refractivity contribution is 7.99. The van der Waals surface area contributed by atoms with Crippen molar-refractivity contribution in [1.82, 2.24) is 5.32 Å². The van der Waals surface area contributed by atoms with Gasteiger partial charge in [-0.3, -0.25) is 0 Å². The van der Waals surface area contributed by atoms with Gasteiger partial charge in [-0.05, 0) is 25.0 Å². The lowest BCUT2D eigenvalue weighted by molar-refractivity contribution is 0.555. The van der Waals surface area contributed by atoms with E-state index in [1.165, 1.54) is 30.8 Å². The molecule has 1 heterocycles. The van der Waals surface area contributed by atoms with E-state index in [0.717, 1.165) is 12.1 Å². The van der Waals surface area contributed by atoms with Gasteiger partial charge in [0.05, 0.1) is 0 Å². The van der Waals surface area contributed by atoms with Crippen LogP contribution in [0, 0.1) is 0 Å². The molecule has 1 atom stereocenters. The molecule has 0 spiro atoms. The fraction of sp³-hybridized carbons (Fsp3) is 1.00. The maximum Gasteiger partial charge on any atom is 0.0168 e. The first-order valence-electron chi connectivity index (χ1n) is 3.79. The molecule has 2 rings (SSSR count). The third kappa shape index (κ3) is 1.62. The van der Waals surface area contributed by atoms with Crippen LogP contribution in [0.15, 0.2) is 0 Å². The SMILES string of the molecule is C1CC(NC2CC2)CS1. The third-order valence-corrected chi connectivity index (χ3v) is 3.14. The Morgan fingerprint density at radius 3 is 2.56 bits per heavy atom. The van der Waals surface area contributed by atoms with Gasteiger partial charge in [-0.15, -0.1) is 0 Å². The fourth-order valence-corrected chi connectivity index (χ4v) is 2.41. The zero-order valence-corrected chi connectivity index (χ0v) is 6.41. The molecule has 0 aromatic rings. The van der Waals surface area contributed by atoms with Crippen LogP contribution in [0.5, 0.6) is 0 Å². The lowest BCUT2D eigenvalue weighted by atomic mass is 10.2. The summed E-state index contributed by atoms with van der Waals surface area (Å²) in [6, 6.07) is 1.77. The molecule has 0 radical (unpaired) electrons. The summed E-state index contributed by atoms with van der Waals surface area (Å²) in [5.41, 5.74) is 0. The van der Waals surface area contributed by atoms with Crippen LogP contribution < -0.4 is 5.32 Å². The van der Waals surface area contributed by atoms with Gasteiger partial charge in [0.15, 0.2) is 0 Å². The van der Waals surface area contributed by atoms with Gasteiger partial charge in [0.25, 0.3) is 0 Å². The minimum absolute atomic E-state index is 0.863. The summed E-state index contributed by atoms with van der Waals surface area (Å²) in [7, 11) is 0. The Labute approximate surface area is 60.6 Å². The van der Waals surface area contributed by atoms with E-state index >= 15 is 0 Å². The third-order valence-electron chi connectivity index (χ3n) is 1.98. The van der Waals surface area contributed by atoms with Crippen LogP contribution in [0.2, 0.25) is 0 Å². The van der Waals surface area contributed by atoms with E-state index in [4.69, 9.17) is 0 Å². The second kappa shape index (κ2) is 2.51. The fourth-order valence-electron chi connectivity index (χ4n) is 1.25. The van der Waals surface area contributed by atoms with Crippen LogP contribution in [0.3, 0.4) is 0 Å². The maximum absolute atomic E-state index is 3.63. The summed E-state index contributed by atoms with van der Waals surface area (Å²) < 4.78 is 0. The minimum atomic E-state index is 0.863. The van der Waals surface area contributed by atoms with Crippen molar-refractivity contribution in [3.63, 3.8) is 0 Å². The van der Waals surface area contributed by atoms with Gasteiger partial charge < -0.3 is 5.32 Å². The highest BCUT2D eigenvalue weighted by Gasteiger charge is 2.25. The number of rotatable bonds is 2. The molecule has 1 nitrogen and oxygen atoms in total. The monoisotopic (exact) mass is 143 g/mol. The Balaban J connectivity index is 1.70. The first-order valence-corrected chi connectivity index (χ1v) is 4.94. The molecule has 1 saturated heterocycles. The topological polar surface area (TPSA) is 12.0 Å². The van der Waals surface area contributed by atoms with Gasteiger partial charge >= 0.3 is 0 Å². The standard InChI is InChI=1S/C7H13NS/c1-2-6(1)8-7-3-4-9-5-7/h6-8H,1-5H2. The molecule has 2 fully saturated rings. The van der Waals surface area contributed by atoms with Crippen molar-refractivity contribution in [3.8, 4) is 0 Å². The molecule has 2 heteroatoms. The van der Waals surface area contributed by atoms with Gasteiger partial charge in [0, 0.05) is 17.8 Å². The first kappa shape index (κ1) is 6.05. The van der Waals surface area contributed by atoms with Crippen LogP contribution in [-0.2, 0) is 0 Å². The molecule has 1 saturated carbocycles. The lowest BCUT2D eigenvalue weighted by Gasteiger charge is -2.08. The van der Waals surface area contributed by atoms with Crippen molar-refractivity contribution in [2.75, 3.05) is 11.5 Å². The number of thioether (sulfide) groups is 1. The Morgan fingerprint density at radius 2 is 2.00 bits per heavy atom. The number of hydrogen-bond acceptors (Lipinski definition) is 2. The van der Waals surface area contributed by atoms with Crippen molar-refractivity contribution < 1.29 is 0 Å². The van der Waals surface area contributed by atoms with Gasteiger partial charge in [-0.25, -0.2) is 0 Å². The second-order valence-corrected chi connectivity index (χ2v) is 4.15. The van der Waals surface area contributed by atoms with Gasteiger partial charge in [-0.1, -0.05) is 0 Å². The van der Waals surface area contributed by atoms with Gasteiger partial charge in [0.2, 0.25) is 0 Å². The van der Waals surface area contributed by atoms with E-state index in [9.17, 15) is 0 Å². The summed E-state index contributed by atoms with van der Waals surface area (Å²) in [6.45, 7) is 0. The zero-order valence-electron chi connectivity index (χ0n) is 5.60. The summed E-state index contributed by atoms with van der Waals surface area (Å²) in [4.78, 5) is 0. The molecule has 0 aromatic heterocycles. The van der Waals surface area contributed by atoms with Crippen molar-refractivity contribution in [2.24, 2.45) is 0 Å². The quantitative estimate of drug-likeness (QED) is 0.624. The largest absolute Gasteiger partial charge is 0.310 e. The Kier molecular flexibility index (Phi) is 1.68. The van der Waals surface area contributed by atoms with Crippen LogP contribution in [-0.4, -0.2) is 23.6 Å². The molecule has 2 aliphatic rings. The molecule has 52 valence electrons. The summed E-state index contributed by atoms with van der Waals surface area (Å²) in [5.74, 6) is 2.74. The average molecular weight is 143 g/mol. The Morgan fingerprint density at radius 1 is 1.11 bits per heavy atom. The molecular weight excluding hydrogens is 130 g/mol. The number of hydrogen-bond donors (Lipinski definition) is 1. The van der Waals surface area contributed by atoms with E-state index in [-0.39, 0.29) is 0 Å². The van der Waals surface area contributed by atoms with Crippen molar-refractivity contribution in [1.29, 1.82) is 0 Å². The van der Waals surface area contributed by atoms with Gasteiger partial charge in [-0.2, -0.15) is 11.8 Å². The van der Waals surface area contributed by atoms with Crippen LogP contribution >= 0.6 is 11.8 Å². The van der Waals surface area contributed by atoms with Crippen LogP contribution in [0.1, 0.15) is 19.3 Å². The van der Waals surface area contributed by atoms with Crippen molar-refractivity contribution >= 4 is 11.8 Å². The average Bonchev–Trinajstić information content (AvgIpc) is 2.46. The highest BCUT2D eigenvalue weighted by atomic mass is 32.2. The smallest absolute Gasteiger partial charge is 0.0168 e. The minimum Gasteiger partial charge on any atom is -0.310 e. The zero-order chi connectivity index (χ0) is 6.10. The second-order valence-electron chi connectivity index (χ2n) is 3.00. The van der Waals surface area contributed by atoms with E-state index in [0.29, 0.717) is 0 Å². The van der Waals surface area contributed by atoms with Crippen molar-refractivity contribution in [3.05, 3.63) is 0 Å². The Bertz CT molecular complexity index is 95.1. The molecule has 0 aromatic carbocycles. The van der Waals surface area contributed by atoms with E-state index < -0.39 is 0 Å². The first-order chi connectivity index (χ1) is 4.45. The molecular formula is C7H13NS. The molecule has 0 bridgehead atoms. The molecule has 1 unspecified atom stereocenters. The summed E-state index contributed by atoms with van der Waals surface area (Å²) in [6.07, 6.45) is 4.27. The van der Waals surface area contributed by atoms with Crippen LogP contribution in [0.4, 0.5) is 0 Å². The molecule has 9 heavy (non-hydrogen) atoms. The molecule has 0 amide bonds. The molecule has 1 N–H and O–H groups in total. The molecule has 1 aliphatic heterocycles. The van der Waals surface area contributed by atoms with Crippen molar-refractivity contribution in [2.45, 2.75) is 31.3 Å². The van der Waals surface area contributed by atoms with E-state index in [1.54, 1.807) is 0 Å². The summed E-state index contributed by atoms with van der Waals surface area (Å²) in [5, 5.41) is 3.63. The summed E-state index contributed by atoms with van der Waals surface area (Å²) >= 11 is 2.09. The Hall–Kier alpha value is 0.310. The van der Waals surface area contributed by atoms with E-state index in [2.05, 4.69) is 17.1 Å². The predicted molar refractivity (Wildman–Crippen MR) is 41.9 cm³/mol. The van der Waals surface area contributed by atoms with Crippen LogP contribution in [0.25, 0.3) is 0 Å². The normalized spacial score (nSPS) is 35.3. The molecule has 1 aliphatic carbocycles. The predicted octanol–water partition coefficient (Wildman–Crippen LogP) is 1.24. The number of nitrogens with one attached hydrogen (secondary N) is 1. The maximum atomic E-state index is 3.63. The van der Waals surface area contributed by atoms with Gasteiger partial charge in [0.1, 0.15) is 0 Å². The highest BCUT2D eigenvalue weighted by Crippen LogP contribution is 2.24. The van der Waals surface area contributed by atoms with E-state index in [1.807, 2.05) is 0 Å². The lowest BCUT2D eigenvalue weighted by Crippen LogP contribution is -2.30.